The molecule has 0 aliphatic carbocycles. The highest BCUT2D eigenvalue weighted by molar-refractivity contribution is 5.47. The fourth-order valence-corrected chi connectivity index (χ4v) is 1.85. The molecule has 3 rings (SSSR count). The monoisotopic (exact) mass is 269 g/mol. The molecule has 0 spiro atoms. The lowest BCUT2D eigenvalue weighted by molar-refractivity contribution is 0.626. The van der Waals surface area contributed by atoms with Gasteiger partial charge in [0, 0.05) is 6.20 Å². The van der Waals surface area contributed by atoms with Crippen LogP contribution in [0.15, 0.2) is 48.7 Å². The summed E-state index contributed by atoms with van der Waals surface area (Å²) in [5.74, 6) is 0.697. The lowest BCUT2D eigenvalue weighted by Crippen LogP contribution is -2.13. The number of halogens is 1. The summed E-state index contributed by atoms with van der Waals surface area (Å²) in [6.07, 6.45) is 1.67. The predicted octanol–water partition coefficient (Wildman–Crippen LogP) is 2.05. The van der Waals surface area contributed by atoms with Crippen LogP contribution in [0.25, 0.3) is 11.5 Å². The highest BCUT2D eigenvalue weighted by atomic mass is 19.1. The van der Waals surface area contributed by atoms with Gasteiger partial charge in [0.25, 0.3) is 0 Å². The van der Waals surface area contributed by atoms with Gasteiger partial charge >= 0.3 is 0 Å². The van der Waals surface area contributed by atoms with Crippen LogP contribution in [0.5, 0.6) is 0 Å². The Hall–Kier alpha value is -2.60. The van der Waals surface area contributed by atoms with E-state index >= 15 is 0 Å². The lowest BCUT2D eigenvalue weighted by Gasteiger charge is -2.07. The molecule has 0 saturated heterocycles. The Morgan fingerprint density at radius 2 is 1.90 bits per heavy atom. The number of nitrogens with one attached hydrogen (secondary N) is 1. The molecule has 0 bridgehead atoms. The van der Waals surface area contributed by atoms with Gasteiger partial charge in [-0.3, -0.25) is 10.1 Å². The van der Waals surface area contributed by atoms with Crippen molar-refractivity contribution >= 4 is 0 Å². The van der Waals surface area contributed by atoms with Gasteiger partial charge in [-0.25, -0.2) is 9.37 Å². The van der Waals surface area contributed by atoms with Gasteiger partial charge in [0.2, 0.25) is 0 Å². The van der Waals surface area contributed by atoms with Gasteiger partial charge in [-0.05, 0) is 29.8 Å². The molecular formula is C14H12FN5. The molecule has 2 heterocycles. The van der Waals surface area contributed by atoms with E-state index < -0.39 is 6.04 Å². The number of benzene rings is 1. The zero-order chi connectivity index (χ0) is 13.9. The third-order valence-corrected chi connectivity index (χ3v) is 2.92. The third kappa shape index (κ3) is 2.41. The highest BCUT2D eigenvalue weighted by Crippen LogP contribution is 2.19. The fraction of sp³-hybridized carbons (Fsp3) is 0.0714. The first-order chi connectivity index (χ1) is 9.74. The van der Waals surface area contributed by atoms with Crippen LogP contribution in [0.4, 0.5) is 4.39 Å². The average molecular weight is 269 g/mol. The van der Waals surface area contributed by atoms with Crippen LogP contribution in [0, 0.1) is 5.82 Å². The Morgan fingerprint density at radius 3 is 2.60 bits per heavy atom. The van der Waals surface area contributed by atoms with E-state index in [-0.39, 0.29) is 5.82 Å². The van der Waals surface area contributed by atoms with Crippen LogP contribution in [0.2, 0.25) is 0 Å². The number of aromatic amines is 1. The van der Waals surface area contributed by atoms with Crippen molar-refractivity contribution in [2.24, 2.45) is 5.73 Å². The predicted molar refractivity (Wildman–Crippen MR) is 72.0 cm³/mol. The molecule has 1 atom stereocenters. The Bertz CT molecular complexity index is 693. The summed E-state index contributed by atoms with van der Waals surface area (Å²) in [7, 11) is 0. The second-order valence-corrected chi connectivity index (χ2v) is 4.29. The molecule has 1 aromatic carbocycles. The number of nitrogens with zero attached hydrogens (tertiary/aromatic N) is 3. The summed E-state index contributed by atoms with van der Waals surface area (Å²) in [5.41, 5.74) is 7.51. The van der Waals surface area contributed by atoms with Crippen molar-refractivity contribution in [3.63, 3.8) is 0 Å². The van der Waals surface area contributed by atoms with Crippen LogP contribution in [0.3, 0.4) is 0 Å². The van der Waals surface area contributed by atoms with Gasteiger partial charge in [0.1, 0.15) is 17.3 Å². The summed E-state index contributed by atoms with van der Waals surface area (Å²) in [4.78, 5) is 8.50. The van der Waals surface area contributed by atoms with E-state index in [0.29, 0.717) is 17.3 Å². The summed E-state index contributed by atoms with van der Waals surface area (Å²) in [6, 6.07) is 11.0. The van der Waals surface area contributed by atoms with Gasteiger partial charge in [-0.1, -0.05) is 18.2 Å². The minimum atomic E-state index is -0.486. The van der Waals surface area contributed by atoms with Crippen molar-refractivity contribution in [2.45, 2.75) is 6.04 Å². The quantitative estimate of drug-likeness (QED) is 0.762. The molecule has 1 unspecified atom stereocenters. The van der Waals surface area contributed by atoms with Crippen molar-refractivity contribution in [1.29, 1.82) is 0 Å². The number of hydrogen-bond acceptors (Lipinski definition) is 4. The van der Waals surface area contributed by atoms with Crippen molar-refractivity contribution in [2.75, 3.05) is 0 Å². The normalized spacial score (nSPS) is 12.3. The van der Waals surface area contributed by atoms with E-state index in [4.69, 9.17) is 5.73 Å². The number of hydrogen-bond donors (Lipinski definition) is 2. The molecule has 0 radical (unpaired) electrons. The van der Waals surface area contributed by atoms with Crippen molar-refractivity contribution in [3.05, 3.63) is 65.9 Å². The second-order valence-electron chi connectivity index (χ2n) is 4.29. The maximum absolute atomic E-state index is 12.9. The molecule has 100 valence electrons. The Morgan fingerprint density at radius 1 is 1.10 bits per heavy atom. The molecule has 2 aromatic heterocycles. The number of H-pyrrole nitrogens is 1. The first kappa shape index (κ1) is 12.4. The zero-order valence-electron chi connectivity index (χ0n) is 10.5. The molecule has 0 amide bonds. The van der Waals surface area contributed by atoms with E-state index in [1.807, 2.05) is 18.2 Å². The molecule has 0 saturated carbocycles. The summed E-state index contributed by atoms with van der Waals surface area (Å²) >= 11 is 0. The summed E-state index contributed by atoms with van der Waals surface area (Å²) < 4.78 is 12.9. The van der Waals surface area contributed by atoms with Gasteiger partial charge in [-0.15, -0.1) is 0 Å². The summed E-state index contributed by atoms with van der Waals surface area (Å²) in [5, 5.41) is 6.90. The first-order valence-corrected chi connectivity index (χ1v) is 6.09. The minimum Gasteiger partial charge on any atom is -0.318 e. The Balaban J connectivity index is 1.88. The van der Waals surface area contributed by atoms with Crippen molar-refractivity contribution in [1.82, 2.24) is 20.2 Å². The maximum atomic E-state index is 12.9. The molecule has 0 aliphatic rings. The second kappa shape index (κ2) is 5.18. The SMILES string of the molecule is NC(c1ccc(F)cc1)c1nc(-c2ccccn2)n[nH]1. The van der Waals surface area contributed by atoms with Crippen LogP contribution in [-0.2, 0) is 0 Å². The molecule has 3 N–H and O–H groups in total. The van der Waals surface area contributed by atoms with E-state index in [2.05, 4.69) is 20.2 Å². The Kier molecular flexibility index (Phi) is 3.22. The largest absolute Gasteiger partial charge is 0.318 e. The van der Waals surface area contributed by atoms with E-state index in [9.17, 15) is 4.39 Å². The van der Waals surface area contributed by atoms with Gasteiger partial charge < -0.3 is 5.73 Å². The zero-order valence-corrected chi connectivity index (χ0v) is 10.5. The molecule has 0 fully saturated rings. The molecule has 6 heteroatoms. The van der Waals surface area contributed by atoms with Crippen LogP contribution < -0.4 is 5.73 Å². The number of rotatable bonds is 3. The molecule has 0 aliphatic heterocycles. The average Bonchev–Trinajstić information content (AvgIpc) is 2.98. The molecule has 3 aromatic rings. The van der Waals surface area contributed by atoms with Gasteiger partial charge in [-0.2, -0.15) is 5.10 Å². The third-order valence-electron chi connectivity index (χ3n) is 2.92. The minimum absolute atomic E-state index is 0.298. The number of aromatic nitrogens is 4. The maximum Gasteiger partial charge on any atom is 0.199 e. The standard InChI is InChI=1S/C14H12FN5/c15-10-6-4-9(5-7-10)12(16)14-18-13(19-20-14)11-3-1-2-8-17-11/h1-8,12H,16H2,(H,18,19,20). The van der Waals surface area contributed by atoms with Crippen LogP contribution in [0.1, 0.15) is 17.4 Å². The van der Waals surface area contributed by atoms with Crippen molar-refractivity contribution < 1.29 is 4.39 Å². The number of pyridine rings is 1. The van der Waals surface area contributed by atoms with Crippen LogP contribution in [-0.4, -0.2) is 20.2 Å². The van der Waals surface area contributed by atoms with E-state index in [0.717, 1.165) is 5.56 Å². The molecule has 5 nitrogen and oxygen atoms in total. The number of nitrogens with two attached hydrogens (primary N) is 1. The van der Waals surface area contributed by atoms with E-state index in [1.165, 1.54) is 12.1 Å². The van der Waals surface area contributed by atoms with E-state index in [1.54, 1.807) is 18.3 Å². The lowest BCUT2D eigenvalue weighted by atomic mass is 10.1. The smallest absolute Gasteiger partial charge is 0.199 e. The fourth-order valence-electron chi connectivity index (χ4n) is 1.85. The van der Waals surface area contributed by atoms with Gasteiger partial charge in [0.15, 0.2) is 5.82 Å². The summed E-state index contributed by atoms with van der Waals surface area (Å²) in [6.45, 7) is 0. The van der Waals surface area contributed by atoms with Crippen LogP contribution >= 0.6 is 0 Å². The van der Waals surface area contributed by atoms with Gasteiger partial charge in [0.05, 0.1) is 6.04 Å². The van der Waals surface area contributed by atoms with Crippen molar-refractivity contribution in [3.8, 4) is 11.5 Å². The molecular weight excluding hydrogens is 257 g/mol. The first-order valence-electron chi connectivity index (χ1n) is 6.09. The Labute approximate surface area is 114 Å². The molecule has 20 heavy (non-hydrogen) atoms. The topological polar surface area (TPSA) is 80.5 Å². The highest BCUT2D eigenvalue weighted by Gasteiger charge is 2.15.